The van der Waals surface area contributed by atoms with Gasteiger partial charge in [0.15, 0.2) is 0 Å². The number of hydrogen-bond acceptors (Lipinski definition) is 4. The van der Waals surface area contributed by atoms with E-state index in [1.807, 2.05) is 0 Å². The maximum atomic E-state index is 11.7. The first-order chi connectivity index (χ1) is 8.13. The maximum absolute atomic E-state index is 11.7. The highest BCUT2D eigenvalue weighted by atomic mass is 16.2. The summed E-state index contributed by atoms with van der Waals surface area (Å²) in [5.41, 5.74) is 5.75. The number of aromatic nitrogens is 3. The average molecular weight is 237 g/mol. The van der Waals surface area contributed by atoms with E-state index in [-0.39, 0.29) is 18.4 Å². The van der Waals surface area contributed by atoms with Crippen molar-refractivity contribution in [1.82, 2.24) is 20.1 Å². The van der Waals surface area contributed by atoms with E-state index < -0.39 is 0 Å². The lowest BCUT2D eigenvalue weighted by Crippen LogP contribution is -2.33. The summed E-state index contributed by atoms with van der Waals surface area (Å²) >= 11 is 0. The molecule has 1 amide bonds. The zero-order valence-corrected chi connectivity index (χ0v) is 10.1. The van der Waals surface area contributed by atoms with E-state index in [0.717, 1.165) is 6.54 Å². The first-order valence-corrected chi connectivity index (χ1v) is 6.05. The maximum Gasteiger partial charge on any atom is 0.241 e. The fourth-order valence-corrected chi connectivity index (χ4v) is 2.10. The molecular formula is C11H19N5O. The van der Waals surface area contributed by atoms with E-state index in [0.29, 0.717) is 5.41 Å². The number of nitrogens with two attached hydrogens (primary N) is 1. The Bertz CT molecular complexity index is 396. The molecule has 1 fully saturated rings. The fraction of sp³-hybridized carbons (Fsp3) is 0.727. The summed E-state index contributed by atoms with van der Waals surface area (Å²) in [5.74, 6) is 0.166. The summed E-state index contributed by atoms with van der Waals surface area (Å²) in [6.07, 6.45) is 6.31. The number of carbonyl (C=O) groups excluding carboxylic acids is 1. The van der Waals surface area contributed by atoms with Gasteiger partial charge in [0.1, 0.15) is 12.9 Å². The predicted octanol–water partition coefficient (Wildman–Crippen LogP) is 0.557. The Labute approximate surface area is 101 Å². The Morgan fingerprint density at radius 1 is 1.65 bits per heavy atom. The molecule has 0 bridgehead atoms. The SMILES string of the molecule is CCCC1(CNC(=O)Cn2cnc(N)n2)CC1. The largest absolute Gasteiger partial charge is 0.367 e. The molecule has 1 heterocycles. The average Bonchev–Trinajstić information content (AvgIpc) is 2.94. The van der Waals surface area contributed by atoms with Gasteiger partial charge in [0.2, 0.25) is 11.9 Å². The molecule has 0 saturated heterocycles. The monoisotopic (exact) mass is 237 g/mol. The van der Waals surface area contributed by atoms with Crippen molar-refractivity contribution in [3.63, 3.8) is 0 Å². The zero-order valence-electron chi connectivity index (χ0n) is 10.1. The molecule has 1 aromatic heterocycles. The van der Waals surface area contributed by atoms with Crippen LogP contribution in [0.4, 0.5) is 5.95 Å². The molecule has 1 aliphatic rings. The van der Waals surface area contributed by atoms with Crippen LogP contribution in [0.15, 0.2) is 6.33 Å². The fourth-order valence-electron chi connectivity index (χ4n) is 2.10. The van der Waals surface area contributed by atoms with Crippen molar-refractivity contribution in [3.8, 4) is 0 Å². The first kappa shape index (κ1) is 11.9. The van der Waals surface area contributed by atoms with Crippen LogP contribution >= 0.6 is 0 Å². The van der Waals surface area contributed by atoms with Crippen molar-refractivity contribution < 1.29 is 4.79 Å². The Hall–Kier alpha value is -1.59. The molecule has 0 atom stereocenters. The minimum atomic E-state index is -0.0303. The van der Waals surface area contributed by atoms with E-state index in [1.165, 1.54) is 36.7 Å². The van der Waals surface area contributed by atoms with Crippen molar-refractivity contribution in [1.29, 1.82) is 0 Å². The van der Waals surface area contributed by atoms with Gasteiger partial charge in [-0.25, -0.2) is 9.67 Å². The summed E-state index contributed by atoms with van der Waals surface area (Å²) < 4.78 is 1.45. The van der Waals surface area contributed by atoms with Gasteiger partial charge in [-0.1, -0.05) is 13.3 Å². The van der Waals surface area contributed by atoms with Gasteiger partial charge in [0.05, 0.1) is 0 Å². The number of hydrogen-bond donors (Lipinski definition) is 2. The van der Waals surface area contributed by atoms with Crippen molar-refractivity contribution >= 4 is 11.9 Å². The molecule has 6 heteroatoms. The van der Waals surface area contributed by atoms with Crippen LogP contribution in [0.2, 0.25) is 0 Å². The molecule has 3 N–H and O–H groups in total. The third-order valence-electron chi connectivity index (χ3n) is 3.26. The highest BCUT2D eigenvalue weighted by molar-refractivity contribution is 5.75. The number of nitrogens with zero attached hydrogens (tertiary/aromatic N) is 3. The van der Waals surface area contributed by atoms with Gasteiger partial charge in [0.25, 0.3) is 0 Å². The van der Waals surface area contributed by atoms with Gasteiger partial charge >= 0.3 is 0 Å². The van der Waals surface area contributed by atoms with E-state index >= 15 is 0 Å². The highest BCUT2D eigenvalue weighted by Crippen LogP contribution is 2.48. The van der Waals surface area contributed by atoms with Gasteiger partial charge in [0, 0.05) is 6.54 Å². The van der Waals surface area contributed by atoms with E-state index in [9.17, 15) is 4.79 Å². The third kappa shape index (κ3) is 3.18. The Kier molecular flexibility index (Phi) is 3.31. The second kappa shape index (κ2) is 4.73. The molecule has 1 saturated carbocycles. The molecular weight excluding hydrogens is 218 g/mol. The van der Waals surface area contributed by atoms with Gasteiger partial charge in [-0.15, -0.1) is 5.10 Å². The molecule has 1 aliphatic carbocycles. The van der Waals surface area contributed by atoms with Crippen LogP contribution in [0.5, 0.6) is 0 Å². The summed E-state index contributed by atoms with van der Waals surface area (Å²) in [7, 11) is 0. The lowest BCUT2D eigenvalue weighted by Gasteiger charge is -2.14. The second-order valence-electron chi connectivity index (χ2n) is 4.83. The van der Waals surface area contributed by atoms with Gasteiger partial charge in [-0.3, -0.25) is 4.79 Å². The standard InChI is InChI=1S/C11H19N5O/c1-2-3-11(4-5-11)7-13-9(17)6-16-8-14-10(12)15-16/h8H,2-7H2,1H3,(H2,12,15)(H,13,17). The second-order valence-corrected chi connectivity index (χ2v) is 4.83. The molecule has 0 unspecified atom stereocenters. The van der Waals surface area contributed by atoms with Gasteiger partial charge < -0.3 is 11.1 Å². The summed E-state index contributed by atoms with van der Waals surface area (Å²) in [4.78, 5) is 15.4. The minimum absolute atomic E-state index is 0.0303. The smallest absolute Gasteiger partial charge is 0.241 e. The molecule has 0 radical (unpaired) electrons. The predicted molar refractivity (Wildman–Crippen MR) is 64.0 cm³/mol. The van der Waals surface area contributed by atoms with Crippen LogP contribution in [-0.4, -0.2) is 27.2 Å². The number of rotatable bonds is 6. The lowest BCUT2D eigenvalue weighted by molar-refractivity contribution is -0.122. The number of nitrogens with one attached hydrogen (secondary N) is 1. The molecule has 0 spiro atoms. The van der Waals surface area contributed by atoms with Gasteiger partial charge in [-0.2, -0.15) is 0 Å². The van der Waals surface area contributed by atoms with Crippen molar-refractivity contribution in [3.05, 3.63) is 6.33 Å². The quantitative estimate of drug-likeness (QED) is 0.756. The Morgan fingerprint density at radius 2 is 2.41 bits per heavy atom. The minimum Gasteiger partial charge on any atom is -0.367 e. The highest BCUT2D eigenvalue weighted by Gasteiger charge is 2.41. The third-order valence-corrected chi connectivity index (χ3v) is 3.26. The topological polar surface area (TPSA) is 85.8 Å². The summed E-state index contributed by atoms with van der Waals surface area (Å²) in [6, 6.07) is 0. The van der Waals surface area contributed by atoms with Crippen LogP contribution in [0, 0.1) is 5.41 Å². The lowest BCUT2D eigenvalue weighted by atomic mass is 10.0. The molecule has 0 aliphatic heterocycles. The van der Waals surface area contributed by atoms with Crippen molar-refractivity contribution in [2.24, 2.45) is 5.41 Å². The van der Waals surface area contributed by atoms with Crippen LogP contribution in [0.25, 0.3) is 0 Å². The van der Waals surface area contributed by atoms with E-state index in [2.05, 4.69) is 22.3 Å². The molecule has 0 aromatic carbocycles. The number of nitrogen functional groups attached to an aromatic ring is 1. The Balaban J connectivity index is 1.74. The van der Waals surface area contributed by atoms with E-state index in [1.54, 1.807) is 0 Å². The number of carbonyl (C=O) groups is 1. The summed E-state index contributed by atoms with van der Waals surface area (Å²) in [5, 5.41) is 6.83. The van der Waals surface area contributed by atoms with Crippen molar-refractivity contribution in [2.75, 3.05) is 12.3 Å². The van der Waals surface area contributed by atoms with Crippen molar-refractivity contribution in [2.45, 2.75) is 39.2 Å². The summed E-state index contributed by atoms with van der Waals surface area (Å²) in [6.45, 7) is 3.15. The van der Waals surface area contributed by atoms with Crippen LogP contribution in [0.1, 0.15) is 32.6 Å². The molecule has 94 valence electrons. The molecule has 1 aromatic rings. The molecule has 17 heavy (non-hydrogen) atoms. The van der Waals surface area contributed by atoms with Gasteiger partial charge in [-0.05, 0) is 24.7 Å². The number of anilines is 1. The zero-order chi connectivity index (χ0) is 12.3. The first-order valence-electron chi connectivity index (χ1n) is 6.05. The Morgan fingerprint density at radius 3 is 2.94 bits per heavy atom. The van der Waals surface area contributed by atoms with Crippen LogP contribution in [0.3, 0.4) is 0 Å². The van der Waals surface area contributed by atoms with E-state index in [4.69, 9.17) is 5.73 Å². The normalized spacial score (nSPS) is 16.8. The van der Waals surface area contributed by atoms with Crippen LogP contribution < -0.4 is 11.1 Å². The number of amides is 1. The molecule has 6 nitrogen and oxygen atoms in total. The van der Waals surface area contributed by atoms with Crippen LogP contribution in [-0.2, 0) is 11.3 Å². The molecule has 2 rings (SSSR count).